The molecule has 8 heteroatoms. The molecular weight excluding hydrogens is 459 g/mol. The number of non-ortho nitro benzene ring substituents is 1. The number of piperidine rings is 1. The molecule has 0 spiro atoms. The van der Waals surface area contributed by atoms with E-state index in [1.165, 1.54) is 0 Å². The van der Waals surface area contributed by atoms with Crippen LogP contribution in [0.2, 0.25) is 0 Å². The molecule has 0 bridgehead atoms. The molecule has 0 amide bonds. The van der Waals surface area contributed by atoms with Crippen molar-refractivity contribution < 1.29 is 9.66 Å². The van der Waals surface area contributed by atoms with E-state index in [2.05, 4.69) is 15.2 Å². The third kappa shape index (κ3) is 8.00. The van der Waals surface area contributed by atoms with Crippen LogP contribution in [0.4, 0.5) is 5.69 Å². The lowest BCUT2D eigenvalue weighted by atomic mass is 10.1. The minimum atomic E-state index is -0.365. The number of ether oxygens (including phenoxy) is 1. The Morgan fingerprint density at radius 2 is 1.96 bits per heavy atom. The second-order valence-electron chi connectivity index (χ2n) is 6.50. The third-order valence-corrected chi connectivity index (χ3v) is 4.68. The van der Waals surface area contributed by atoms with Crippen molar-refractivity contribution in [3.8, 4) is 0 Å². The molecular formula is C19H31IN4O3. The normalized spacial score (nSPS) is 15.3. The summed E-state index contributed by atoms with van der Waals surface area (Å²) in [6, 6.07) is 6.82. The minimum absolute atomic E-state index is 0. The van der Waals surface area contributed by atoms with Crippen LogP contribution >= 0.6 is 24.0 Å². The van der Waals surface area contributed by atoms with Crippen LogP contribution in [0, 0.1) is 10.1 Å². The number of nitrogens with zero attached hydrogens (tertiary/aromatic N) is 3. The Morgan fingerprint density at radius 1 is 1.30 bits per heavy atom. The molecule has 1 aromatic carbocycles. The zero-order chi connectivity index (χ0) is 18.8. The number of rotatable bonds is 8. The number of nitro groups is 1. The molecule has 1 aliphatic heterocycles. The summed E-state index contributed by atoms with van der Waals surface area (Å²) in [7, 11) is 1.83. The van der Waals surface area contributed by atoms with Crippen molar-refractivity contribution in [2.24, 2.45) is 4.99 Å². The van der Waals surface area contributed by atoms with Crippen molar-refractivity contribution in [3.63, 3.8) is 0 Å². The van der Waals surface area contributed by atoms with Crippen LogP contribution in [0.5, 0.6) is 0 Å². The lowest BCUT2D eigenvalue weighted by molar-refractivity contribution is -0.384. The molecule has 0 unspecified atom stereocenters. The monoisotopic (exact) mass is 490 g/mol. The number of likely N-dealkylation sites (tertiary alicyclic amines) is 1. The van der Waals surface area contributed by atoms with Crippen LogP contribution in [0.1, 0.15) is 38.2 Å². The van der Waals surface area contributed by atoms with E-state index in [-0.39, 0.29) is 34.6 Å². The van der Waals surface area contributed by atoms with Gasteiger partial charge >= 0.3 is 0 Å². The standard InChI is InChI=1S/C19H30N4O3.HI/c1-3-26-18-11-14-22(15-12-18)19(20-2)21-13-5-4-6-16-7-9-17(10-8-16)23(24)25;/h7-10,18H,3-6,11-15H2,1-2H3,(H,20,21);1H. The second-order valence-corrected chi connectivity index (χ2v) is 6.50. The van der Waals surface area contributed by atoms with Gasteiger partial charge in [-0.1, -0.05) is 12.1 Å². The number of halogens is 1. The molecule has 0 aromatic heterocycles. The first-order chi connectivity index (χ1) is 12.6. The van der Waals surface area contributed by atoms with Gasteiger partial charge in [0.25, 0.3) is 5.69 Å². The third-order valence-electron chi connectivity index (χ3n) is 4.68. The summed E-state index contributed by atoms with van der Waals surface area (Å²) in [6.45, 7) is 5.67. The number of guanidine groups is 1. The van der Waals surface area contributed by atoms with Crippen LogP contribution in [-0.2, 0) is 11.2 Å². The van der Waals surface area contributed by atoms with Crippen LogP contribution in [-0.4, -0.2) is 55.2 Å². The number of unbranched alkanes of at least 4 members (excludes halogenated alkanes) is 1. The van der Waals surface area contributed by atoms with Gasteiger partial charge in [-0.25, -0.2) is 0 Å². The average Bonchev–Trinajstić information content (AvgIpc) is 2.66. The molecule has 1 saturated heterocycles. The van der Waals surface area contributed by atoms with E-state index in [1.807, 2.05) is 26.1 Å². The summed E-state index contributed by atoms with van der Waals surface area (Å²) in [5, 5.41) is 14.1. The molecule has 0 radical (unpaired) electrons. The van der Waals surface area contributed by atoms with E-state index in [4.69, 9.17) is 4.74 Å². The Labute approximate surface area is 178 Å². The summed E-state index contributed by atoms with van der Waals surface area (Å²) < 4.78 is 5.70. The Kier molecular flexibility index (Phi) is 11.3. The minimum Gasteiger partial charge on any atom is -0.378 e. The molecule has 2 rings (SSSR count). The molecule has 1 aromatic rings. The van der Waals surface area contributed by atoms with Gasteiger partial charge < -0.3 is 15.0 Å². The fourth-order valence-electron chi connectivity index (χ4n) is 3.24. The van der Waals surface area contributed by atoms with Gasteiger partial charge in [-0.2, -0.15) is 0 Å². The van der Waals surface area contributed by atoms with E-state index in [0.29, 0.717) is 6.10 Å². The predicted octanol–water partition coefficient (Wildman–Crippen LogP) is 3.61. The summed E-state index contributed by atoms with van der Waals surface area (Å²) in [6.07, 6.45) is 5.48. The first kappa shape index (κ1) is 23.6. The summed E-state index contributed by atoms with van der Waals surface area (Å²) >= 11 is 0. The van der Waals surface area contributed by atoms with Gasteiger partial charge in [0.1, 0.15) is 0 Å². The summed E-state index contributed by atoms with van der Waals surface area (Å²) in [5.41, 5.74) is 1.28. The highest BCUT2D eigenvalue weighted by atomic mass is 127. The highest BCUT2D eigenvalue weighted by molar-refractivity contribution is 14.0. The Morgan fingerprint density at radius 3 is 2.52 bits per heavy atom. The molecule has 0 aliphatic carbocycles. The maximum atomic E-state index is 10.7. The van der Waals surface area contributed by atoms with Crippen LogP contribution in [0.25, 0.3) is 0 Å². The number of aryl methyl sites for hydroxylation is 1. The average molecular weight is 490 g/mol. The highest BCUT2D eigenvalue weighted by Gasteiger charge is 2.21. The largest absolute Gasteiger partial charge is 0.378 e. The molecule has 7 nitrogen and oxygen atoms in total. The molecule has 1 heterocycles. The molecule has 0 atom stereocenters. The van der Waals surface area contributed by atoms with Gasteiger partial charge in [-0.15, -0.1) is 24.0 Å². The molecule has 0 saturated carbocycles. The first-order valence-electron chi connectivity index (χ1n) is 9.44. The Hall–Kier alpha value is -1.42. The zero-order valence-corrected chi connectivity index (χ0v) is 18.6. The van der Waals surface area contributed by atoms with Gasteiger partial charge in [0.2, 0.25) is 0 Å². The number of nitro benzene ring substituents is 1. The Balaban J connectivity index is 0.00000364. The summed E-state index contributed by atoms with van der Waals surface area (Å²) in [4.78, 5) is 17.0. The SMILES string of the molecule is CCOC1CCN(C(=NC)NCCCCc2ccc([N+](=O)[O-])cc2)CC1.I. The smallest absolute Gasteiger partial charge is 0.269 e. The van der Waals surface area contributed by atoms with Crippen LogP contribution < -0.4 is 5.32 Å². The molecule has 1 N–H and O–H groups in total. The zero-order valence-electron chi connectivity index (χ0n) is 16.2. The first-order valence-corrected chi connectivity index (χ1v) is 9.44. The van der Waals surface area contributed by atoms with Crippen molar-refractivity contribution >= 4 is 35.6 Å². The number of nitrogens with one attached hydrogen (secondary N) is 1. The van der Waals surface area contributed by atoms with Gasteiger partial charge in [0.15, 0.2) is 5.96 Å². The van der Waals surface area contributed by atoms with E-state index >= 15 is 0 Å². The number of hydrogen-bond acceptors (Lipinski definition) is 4. The molecule has 1 fully saturated rings. The topological polar surface area (TPSA) is 80.0 Å². The molecule has 1 aliphatic rings. The fourth-order valence-corrected chi connectivity index (χ4v) is 3.24. The van der Waals surface area contributed by atoms with E-state index in [0.717, 1.165) is 69.9 Å². The molecule has 152 valence electrons. The van der Waals surface area contributed by atoms with Gasteiger partial charge in [-0.3, -0.25) is 15.1 Å². The van der Waals surface area contributed by atoms with Gasteiger partial charge in [0, 0.05) is 45.4 Å². The van der Waals surface area contributed by atoms with Crippen molar-refractivity contribution in [2.75, 3.05) is 33.3 Å². The lowest BCUT2D eigenvalue weighted by Crippen LogP contribution is -2.47. The van der Waals surface area contributed by atoms with E-state index in [1.54, 1.807) is 12.1 Å². The van der Waals surface area contributed by atoms with Gasteiger partial charge in [0.05, 0.1) is 11.0 Å². The Bertz CT molecular complexity index is 587. The maximum Gasteiger partial charge on any atom is 0.269 e. The van der Waals surface area contributed by atoms with E-state index < -0.39 is 0 Å². The van der Waals surface area contributed by atoms with Crippen molar-refractivity contribution in [3.05, 3.63) is 39.9 Å². The second kappa shape index (κ2) is 12.9. The van der Waals surface area contributed by atoms with E-state index in [9.17, 15) is 10.1 Å². The maximum absolute atomic E-state index is 10.7. The predicted molar refractivity (Wildman–Crippen MR) is 119 cm³/mol. The van der Waals surface area contributed by atoms with Crippen molar-refractivity contribution in [1.29, 1.82) is 0 Å². The summed E-state index contributed by atoms with van der Waals surface area (Å²) in [5.74, 6) is 0.968. The van der Waals surface area contributed by atoms with Crippen molar-refractivity contribution in [2.45, 2.75) is 45.1 Å². The van der Waals surface area contributed by atoms with Gasteiger partial charge in [-0.05, 0) is 44.6 Å². The lowest BCUT2D eigenvalue weighted by Gasteiger charge is -2.34. The number of benzene rings is 1. The highest BCUT2D eigenvalue weighted by Crippen LogP contribution is 2.15. The fraction of sp³-hybridized carbons (Fsp3) is 0.632. The quantitative estimate of drug-likeness (QED) is 0.150. The van der Waals surface area contributed by atoms with Crippen molar-refractivity contribution in [1.82, 2.24) is 10.2 Å². The van der Waals surface area contributed by atoms with Crippen LogP contribution in [0.3, 0.4) is 0 Å². The van der Waals surface area contributed by atoms with Crippen LogP contribution in [0.15, 0.2) is 29.3 Å². The molecule has 27 heavy (non-hydrogen) atoms. The number of aliphatic imine (C=N–C) groups is 1. The number of hydrogen-bond donors (Lipinski definition) is 1.